The van der Waals surface area contributed by atoms with E-state index in [1.54, 1.807) is 0 Å². The van der Waals surface area contributed by atoms with Gasteiger partial charge in [0.05, 0.1) is 6.42 Å². The summed E-state index contributed by atoms with van der Waals surface area (Å²) in [5.41, 5.74) is 5.16. The fraction of sp³-hybridized carbons (Fsp3) is 0.800. The Morgan fingerprint density at radius 1 is 1.40 bits per heavy atom. The lowest BCUT2D eigenvalue weighted by Gasteiger charge is -2.34. The number of carboxylic acids is 1. The lowest BCUT2D eigenvalue weighted by molar-refractivity contribution is -0.137. The van der Waals surface area contributed by atoms with Crippen LogP contribution in [0.25, 0.3) is 0 Å². The lowest BCUT2D eigenvalue weighted by Crippen LogP contribution is -2.42. The molecule has 1 aliphatic rings. The van der Waals surface area contributed by atoms with Crippen LogP contribution in [0.2, 0.25) is 0 Å². The van der Waals surface area contributed by atoms with Crippen molar-refractivity contribution in [3.8, 4) is 0 Å². The SMILES string of the molecule is NC(=O)C[C@H]1CCCCN1CCC(=O)O. The Balaban J connectivity index is 2.42. The van der Waals surface area contributed by atoms with Crippen molar-refractivity contribution in [2.75, 3.05) is 13.1 Å². The first kappa shape index (κ1) is 12.0. The zero-order chi connectivity index (χ0) is 11.3. The van der Waals surface area contributed by atoms with Gasteiger partial charge in [0.15, 0.2) is 0 Å². The van der Waals surface area contributed by atoms with Crippen molar-refractivity contribution in [3.63, 3.8) is 0 Å². The molecular formula is C10H18N2O3. The van der Waals surface area contributed by atoms with Crippen LogP contribution < -0.4 is 5.73 Å². The predicted octanol–water partition coefficient (Wildman–Crippen LogP) is 0.191. The van der Waals surface area contributed by atoms with Gasteiger partial charge in [-0.15, -0.1) is 0 Å². The molecule has 5 heteroatoms. The Bertz CT molecular complexity index is 243. The van der Waals surface area contributed by atoms with Gasteiger partial charge in [0.2, 0.25) is 5.91 Å². The number of carbonyl (C=O) groups excluding carboxylic acids is 1. The van der Waals surface area contributed by atoms with Crippen molar-refractivity contribution in [2.24, 2.45) is 5.73 Å². The maximum atomic E-state index is 10.8. The van der Waals surface area contributed by atoms with Crippen molar-refractivity contribution in [3.05, 3.63) is 0 Å². The number of rotatable bonds is 5. The van der Waals surface area contributed by atoms with E-state index in [4.69, 9.17) is 10.8 Å². The van der Waals surface area contributed by atoms with Crippen LogP contribution >= 0.6 is 0 Å². The number of nitrogens with zero attached hydrogens (tertiary/aromatic N) is 1. The average molecular weight is 214 g/mol. The molecule has 0 bridgehead atoms. The van der Waals surface area contributed by atoms with Crippen molar-refractivity contribution < 1.29 is 14.7 Å². The smallest absolute Gasteiger partial charge is 0.304 e. The molecule has 0 aromatic rings. The van der Waals surface area contributed by atoms with Crippen LogP contribution in [0.5, 0.6) is 0 Å². The molecule has 1 heterocycles. The van der Waals surface area contributed by atoms with E-state index >= 15 is 0 Å². The largest absolute Gasteiger partial charge is 0.481 e. The van der Waals surface area contributed by atoms with Crippen LogP contribution in [0.15, 0.2) is 0 Å². The molecule has 0 spiro atoms. The summed E-state index contributed by atoms with van der Waals surface area (Å²) in [5.74, 6) is -1.10. The average Bonchev–Trinajstić information content (AvgIpc) is 2.15. The lowest BCUT2D eigenvalue weighted by atomic mass is 9.99. The molecule has 1 rings (SSSR count). The minimum absolute atomic E-state index is 0.134. The second-order valence-corrected chi connectivity index (χ2v) is 4.00. The molecule has 0 unspecified atom stereocenters. The summed E-state index contributed by atoms with van der Waals surface area (Å²) in [6.45, 7) is 1.40. The number of carboxylic acid groups (broad SMARTS) is 1. The first-order valence-electron chi connectivity index (χ1n) is 5.33. The second-order valence-electron chi connectivity index (χ2n) is 4.00. The van der Waals surface area contributed by atoms with Crippen LogP contribution in [-0.2, 0) is 9.59 Å². The number of nitrogens with two attached hydrogens (primary N) is 1. The molecule has 3 N–H and O–H groups in total. The molecule has 1 fully saturated rings. The molecule has 0 radical (unpaired) electrons. The number of aliphatic carboxylic acids is 1. The molecule has 0 saturated carbocycles. The van der Waals surface area contributed by atoms with E-state index in [2.05, 4.69) is 4.90 Å². The molecule has 1 atom stereocenters. The molecule has 0 aromatic heterocycles. The number of primary amides is 1. The van der Waals surface area contributed by atoms with Gasteiger partial charge in [-0.05, 0) is 19.4 Å². The van der Waals surface area contributed by atoms with Crippen LogP contribution in [0, 0.1) is 0 Å². The molecule has 0 aromatic carbocycles. The predicted molar refractivity (Wildman–Crippen MR) is 55.3 cm³/mol. The van der Waals surface area contributed by atoms with Gasteiger partial charge in [0.1, 0.15) is 0 Å². The van der Waals surface area contributed by atoms with E-state index < -0.39 is 5.97 Å². The summed E-state index contributed by atoms with van der Waals surface area (Å²) in [5, 5.41) is 8.59. The minimum atomic E-state index is -0.793. The molecular weight excluding hydrogens is 196 g/mol. The van der Waals surface area contributed by atoms with Crippen molar-refractivity contribution in [1.82, 2.24) is 4.90 Å². The highest BCUT2D eigenvalue weighted by Crippen LogP contribution is 2.19. The molecule has 1 saturated heterocycles. The zero-order valence-corrected chi connectivity index (χ0v) is 8.82. The third-order valence-electron chi connectivity index (χ3n) is 2.80. The summed E-state index contributed by atoms with van der Waals surface area (Å²) in [6, 6.07) is 0.149. The van der Waals surface area contributed by atoms with Gasteiger partial charge in [-0.25, -0.2) is 0 Å². The van der Waals surface area contributed by atoms with E-state index in [-0.39, 0.29) is 18.4 Å². The Kier molecular flexibility index (Phi) is 4.55. The number of carbonyl (C=O) groups is 2. The third-order valence-corrected chi connectivity index (χ3v) is 2.80. The maximum Gasteiger partial charge on any atom is 0.304 e. The number of amides is 1. The van der Waals surface area contributed by atoms with Crippen LogP contribution in [0.1, 0.15) is 32.1 Å². The van der Waals surface area contributed by atoms with Crippen molar-refractivity contribution in [1.29, 1.82) is 0 Å². The van der Waals surface area contributed by atoms with Crippen LogP contribution in [-0.4, -0.2) is 41.0 Å². The highest BCUT2D eigenvalue weighted by Gasteiger charge is 2.23. The monoisotopic (exact) mass is 214 g/mol. The molecule has 15 heavy (non-hydrogen) atoms. The Labute approximate surface area is 89.2 Å². The van der Waals surface area contributed by atoms with Gasteiger partial charge >= 0.3 is 5.97 Å². The van der Waals surface area contributed by atoms with E-state index in [0.717, 1.165) is 25.8 Å². The van der Waals surface area contributed by atoms with Gasteiger partial charge in [-0.3, -0.25) is 14.5 Å². The molecule has 5 nitrogen and oxygen atoms in total. The van der Waals surface area contributed by atoms with Gasteiger partial charge < -0.3 is 10.8 Å². The normalized spacial score (nSPS) is 22.5. The number of hydrogen-bond donors (Lipinski definition) is 2. The van der Waals surface area contributed by atoms with Crippen molar-refractivity contribution >= 4 is 11.9 Å². The van der Waals surface area contributed by atoms with Crippen molar-refractivity contribution in [2.45, 2.75) is 38.1 Å². The first-order chi connectivity index (χ1) is 7.09. The Hall–Kier alpha value is -1.10. The van der Waals surface area contributed by atoms with Gasteiger partial charge in [-0.1, -0.05) is 6.42 Å². The fourth-order valence-electron chi connectivity index (χ4n) is 2.06. The summed E-state index contributed by atoms with van der Waals surface area (Å²) in [7, 11) is 0. The summed E-state index contributed by atoms with van der Waals surface area (Å²) < 4.78 is 0. The zero-order valence-electron chi connectivity index (χ0n) is 8.82. The molecule has 1 amide bonds. The quantitative estimate of drug-likeness (QED) is 0.684. The van der Waals surface area contributed by atoms with E-state index in [9.17, 15) is 9.59 Å². The van der Waals surface area contributed by atoms with Gasteiger partial charge in [0.25, 0.3) is 0 Å². The number of piperidine rings is 1. The van der Waals surface area contributed by atoms with Crippen LogP contribution in [0.4, 0.5) is 0 Å². The highest BCUT2D eigenvalue weighted by atomic mass is 16.4. The molecule has 1 aliphatic heterocycles. The summed E-state index contributed by atoms with van der Waals surface area (Å²) in [6.07, 6.45) is 3.60. The van der Waals surface area contributed by atoms with E-state index in [1.807, 2.05) is 0 Å². The Morgan fingerprint density at radius 2 is 2.13 bits per heavy atom. The Morgan fingerprint density at radius 3 is 2.73 bits per heavy atom. The fourth-order valence-corrected chi connectivity index (χ4v) is 2.06. The van der Waals surface area contributed by atoms with Gasteiger partial charge in [-0.2, -0.15) is 0 Å². The number of likely N-dealkylation sites (tertiary alicyclic amines) is 1. The standard InChI is InChI=1S/C10H18N2O3/c11-9(13)7-8-3-1-2-5-12(8)6-4-10(14)15/h8H,1-7H2,(H2,11,13)(H,14,15)/t8-/m1/s1. The molecule has 86 valence electrons. The third kappa shape index (κ3) is 4.29. The maximum absolute atomic E-state index is 10.8. The van der Waals surface area contributed by atoms with Gasteiger partial charge in [0, 0.05) is 19.0 Å². The molecule has 0 aliphatic carbocycles. The summed E-state index contributed by atoms with van der Waals surface area (Å²) >= 11 is 0. The topological polar surface area (TPSA) is 83.6 Å². The number of hydrogen-bond acceptors (Lipinski definition) is 3. The first-order valence-corrected chi connectivity index (χ1v) is 5.33. The minimum Gasteiger partial charge on any atom is -0.481 e. The van der Waals surface area contributed by atoms with Crippen LogP contribution in [0.3, 0.4) is 0 Å². The van der Waals surface area contributed by atoms with E-state index in [1.165, 1.54) is 0 Å². The highest BCUT2D eigenvalue weighted by molar-refractivity contribution is 5.74. The van der Waals surface area contributed by atoms with E-state index in [0.29, 0.717) is 13.0 Å². The summed E-state index contributed by atoms with van der Waals surface area (Å²) in [4.78, 5) is 23.4. The second kappa shape index (κ2) is 5.70.